The van der Waals surface area contributed by atoms with Gasteiger partial charge in [-0.1, -0.05) is 47.0 Å². The van der Waals surface area contributed by atoms with E-state index in [0.717, 1.165) is 5.01 Å². The van der Waals surface area contributed by atoms with E-state index in [1.54, 1.807) is 43.3 Å². The van der Waals surface area contributed by atoms with E-state index >= 15 is 4.79 Å². The quantitative estimate of drug-likeness (QED) is 0.204. The highest BCUT2D eigenvalue weighted by molar-refractivity contribution is 9.10. The van der Waals surface area contributed by atoms with Crippen LogP contribution in [0.15, 0.2) is 64.8 Å². The van der Waals surface area contributed by atoms with Crippen LogP contribution in [0.3, 0.4) is 0 Å². The van der Waals surface area contributed by atoms with Crippen LogP contribution in [0.4, 0.5) is 19.0 Å². The molecule has 0 spiro atoms. The topological polar surface area (TPSA) is 129 Å². The van der Waals surface area contributed by atoms with E-state index < -0.39 is 63.6 Å². The maximum Gasteiger partial charge on any atom is 0.417 e. The summed E-state index contributed by atoms with van der Waals surface area (Å²) in [6.07, 6.45) is -2.16. The molecule has 1 aromatic heterocycles. The number of fused-ring (bicyclic) bond motifs is 4. The Morgan fingerprint density at radius 1 is 1.06 bits per heavy atom. The highest BCUT2D eigenvalue weighted by Crippen LogP contribution is 2.64. The first-order valence-electron chi connectivity index (χ1n) is 15.9. The van der Waals surface area contributed by atoms with Crippen molar-refractivity contribution in [1.82, 2.24) is 14.9 Å². The number of methoxy groups -OCH3 is 1. The smallest absolute Gasteiger partial charge is 0.417 e. The minimum atomic E-state index is -4.75. The van der Waals surface area contributed by atoms with Crippen molar-refractivity contribution in [2.45, 2.75) is 37.3 Å². The van der Waals surface area contributed by atoms with E-state index in [1.807, 2.05) is 6.08 Å². The summed E-state index contributed by atoms with van der Waals surface area (Å²) in [4.78, 5) is 62.2. The highest BCUT2D eigenvalue weighted by Gasteiger charge is 2.70. The summed E-state index contributed by atoms with van der Waals surface area (Å²) in [6.45, 7) is 1.88. The number of nitrogens with one attached hydrogen (secondary N) is 1. The molecule has 0 radical (unpaired) electrons. The van der Waals surface area contributed by atoms with Gasteiger partial charge in [0.25, 0.3) is 11.8 Å². The number of pyridine rings is 1. The number of phenols is 1. The van der Waals surface area contributed by atoms with Crippen LogP contribution >= 0.6 is 39.1 Å². The highest BCUT2D eigenvalue weighted by atomic mass is 79.9. The number of nitrogens with zero attached hydrogens (tertiary/aromatic N) is 3. The lowest BCUT2D eigenvalue weighted by atomic mass is 9.49. The van der Waals surface area contributed by atoms with Crippen molar-refractivity contribution in [2.24, 2.45) is 23.7 Å². The summed E-state index contributed by atoms with van der Waals surface area (Å²) >= 11 is 15.9. The molecule has 4 amide bonds. The van der Waals surface area contributed by atoms with Gasteiger partial charge in [-0.3, -0.25) is 29.5 Å². The number of imide groups is 2. The molecule has 1 saturated carbocycles. The van der Waals surface area contributed by atoms with Crippen LogP contribution in [-0.2, 0) is 30.8 Å². The molecule has 7 rings (SSSR count). The molecule has 16 heteroatoms. The van der Waals surface area contributed by atoms with Crippen molar-refractivity contribution in [3.05, 3.63) is 91.5 Å². The van der Waals surface area contributed by atoms with Crippen LogP contribution in [0.2, 0.25) is 10.0 Å². The maximum atomic E-state index is 15.2. The summed E-state index contributed by atoms with van der Waals surface area (Å²) in [6, 6.07) is 10.2. The molecule has 4 aliphatic rings. The van der Waals surface area contributed by atoms with E-state index in [1.165, 1.54) is 12.0 Å². The monoisotopic (exact) mass is 806 g/mol. The molecule has 2 saturated heterocycles. The third kappa shape index (κ3) is 5.23. The van der Waals surface area contributed by atoms with Crippen molar-refractivity contribution < 1.29 is 42.2 Å². The number of aromatic nitrogens is 1. The number of carbonyl (C=O) groups excluding carboxylic acids is 4. The van der Waals surface area contributed by atoms with Crippen LogP contribution in [-0.4, -0.2) is 57.3 Å². The van der Waals surface area contributed by atoms with Crippen molar-refractivity contribution in [1.29, 1.82) is 0 Å². The summed E-state index contributed by atoms with van der Waals surface area (Å²) in [7, 11) is 1.36. The molecule has 0 unspecified atom stereocenters. The number of halogens is 6. The Bertz CT molecular complexity index is 2050. The van der Waals surface area contributed by atoms with Gasteiger partial charge in [-0.2, -0.15) is 18.2 Å². The Balaban J connectivity index is 1.47. The number of benzene rings is 2. The Hall–Kier alpha value is -4.14. The van der Waals surface area contributed by atoms with E-state index in [2.05, 4.69) is 26.3 Å². The Morgan fingerprint density at radius 3 is 2.39 bits per heavy atom. The molecule has 2 N–H and O–H groups in total. The van der Waals surface area contributed by atoms with Gasteiger partial charge in [-0.25, -0.2) is 4.98 Å². The zero-order valence-electron chi connectivity index (χ0n) is 26.8. The molecular weight excluding hydrogens is 780 g/mol. The number of allylic oxidation sites excluding steroid dienone is 2. The number of anilines is 1. The molecular formula is C35H28BrCl2F3N4O6. The molecule has 2 aliphatic carbocycles. The normalized spacial score (nSPS) is 27.3. The first-order valence-corrected chi connectivity index (χ1v) is 17.4. The summed E-state index contributed by atoms with van der Waals surface area (Å²) < 4.78 is 46.0. The number of likely N-dealkylation sites (tertiary alicyclic amines) is 1. The lowest BCUT2D eigenvalue weighted by Gasteiger charge is -2.50. The van der Waals surface area contributed by atoms with E-state index in [-0.39, 0.29) is 53.0 Å². The van der Waals surface area contributed by atoms with Crippen LogP contribution in [0.5, 0.6) is 11.5 Å². The third-order valence-corrected chi connectivity index (χ3v) is 11.7. The standard InChI is InChI=1S/C35H28BrCl2F3N4O6/c1-3-44-30(47)20-9-8-19-21(26(20)32(44)49)13-22-31(48)45(43-29-24(38)12-17(14-42-29)35(39,40)41)33(50)34(22,16-4-6-18(37)7-5-16)27(19)15-10-23(36)28(46)25(11-15)51-2/h4-8,10-12,14,20-22,26-27,46H,3,9,13H2,1-2H3,(H,42,43)/t20-,21+,22-,26-,27-,34+/m0/s1. The van der Waals surface area contributed by atoms with Gasteiger partial charge in [0.15, 0.2) is 17.3 Å². The Morgan fingerprint density at radius 2 is 1.76 bits per heavy atom. The van der Waals surface area contributed by atoms with Gasteiger partial charge in [0, 0.05) is 23.7 Å². The van der Waals surface area contributed by atoms with Gasteiger partial charge in [-0.05, 0) is 83.1 Å². The van der Waals surface area contributed by atoms with E-state index in [0.29, 0.717) is 34.0 Å². The zero-order valence-corrected chi connectivity index (χ0v) is 29.9. The third-order valence-electron chi connectivity index (χ3n) is 10.6. The largest absolute Gasteiger partial charge is 0.503 e. The van der Waals surface area contributed by atoms with Crippen molar-refractivity contribution >= 4 is 68.6 Å². The van der Waals surface area contributed by atoms with Gasteiger partial charge < -0.3 is 9.84 Å². The molecule has 51 heavy (non-hydrogen) atoms. The van der Waals surface area contributed by atoms with Gasteiger partial charge in [0.2, 0.25) is 11.8 Å². The number of hydrogen-bond donors (Lipinski definition) is 2. The fourth-order valence-electron chi connectivity index (χ4n) is 8.45. The predicted octanol–water partition coefficient (Wildman–Crippen LogP) is 6.89. The first kappa shape index (κ1) is 35.3. The molecule has 3 fully saturated rings. The molecule has 0 bridgehead atoms. The fourth-order valence-corrected chi connectivity index (χ4v) is 9.25. The van der Waals surface area contributed by atoms with Gasteiger partial charge in [-0.15, -0.1) is 0 Å². The fraction of sp³-hybridized carbons (Fsp3) is 0.343. The number of hydrogen-bond acceptors (Lipinski definition) is 8. The second-order valence-electron chi connectivity index (χ2n) is 12.9. The number of carbonyl (C=O) groups is 4. The molecule has 2 aliphatic heterocycles. The van der Waals surface area contributed by atoms with E-state index in [9.17, 15) is 32.7 Å². The minimum absolute atomic E-state index is 0.0178. The summed E-state index contributed by atoms with van der Waals surface area (Å²) in [5.41, 5.74) is 1.23. The van der Waals surface area contributed by atoms with Crippen molar-refractivity contribution in [3.63, 3.8) is 0 Å². The molecule has 3 heterocycles. The van der Waals surface area contributed by atoms with Crippen LogP contribution < -0.4 is 10.2 Å². The van der Waals surface area contributed by atoms with Crippen LogP contribution in [0.1, 0.15) is 42.4 Å². The molecule has 2 aromatic carbocycles. The summed E-state index contributed by atoms with van der Waals surface area (Å²) in [5.74, 6) is -6.96. The summed E-state index contributed by atoms with van der Waals surface area (Å²) in [5, 5.41) is 11.4. The number of aromatic hydroxyl groups is 1. The van der Waals surface area contributed by atoms with Gasteiger partial charge in [0.1, 0.15) is 0 Å². The molecule has 6 atom stereocenters. The zero-order chi connectivity index (χ0) is 36.7. The maximum absolute atomic E-state index is 15.2. The average molecular weight is 808 g/mol. The molecule has 3 aromatic rings. The van der Waals surface area contributed by atoms with Crippen molar-refractivity contribution in [2.75, 3.05) is 19.1 Å². The molecule has 10 nitrogen and oxygen atoms in total. The lowest BCUT2D eigenvalue weighted by Crippen LogP contribution is -2.53. The predicted molar refractivity (Wildman–Crippen MR) is 182 cm³/mol. The van der Waals surface area contributed by atoms with E-state index in [4.69, 9.17) is 27.9 Å². The average Bonchev–Trinajstić information content (AvgIpc) is 3.46. The van der Waals surface area contributed by atoms with Crippen molar-refractivity contribution in [3.8, 4) is 11.5 Å². The first-order chi connectivity index (χ1) is 24.1. The second kappa shape index (κ2) is 12.5. The molecule has 266 valence electrons. The number of alkyl halides is 3. The van der Waals surface area contributed by atoms with Crippen LogP contribution in [0, 0.1) is 23.7 Å². The lowest BCUT2D eigenvalue weighted by molar-refractivity contribution is -0.141. The van der Waals surface area contributed by atoms with Gasteiger partial charge >= 0.3 is 6.18 Å². The number of ether oxygens (including phenoxy) is 1. The number of phenolic OH excluding ortho intramolecular Hbond substituents is 1. The Kier molecular flexibility index (Phi) is 8.66. The number of amides is 4. The Labute approximate surface area is 307 Å². The minimum Gasteiger partial charge on any atom is -0.503 e. The van der Waals surface area contributed by atoms with Gasteiger partial charge in [0.05, 0.1) is 45.3 Å². The second-order valence-corrected chi connectivity index (χ2v) is 14.6. The SMILES string of the molecule is CCN1C(=O)[C@H]2[C@H](CC=C3[C@H]2C[C@H]2C(=O)N(Nc4ncc(C(F)(F)F)cc4Cl)C(=O)[C@@]2(c2ccc(Cl)cc2)[C@H]3c2cc(Br)c(O)c(OC)c2)C1=O. The number of rotatable bonds is 6. The van der Waals surface area contributed by atoms with Crippen LogP contribution in [0.25, 0.3) is 0 Å². The number of hydrazine groups is 1.